The second-order valence-electron chi connectivity index (χ2n) is 7.90. The molecule has 0 aliphatic heterocycles. The maximum Gasteiger partial charge on any atom is 1.00 e. The van der Waals surface area contributed by atoms with Crippen LogP contribution in [-0.4, -0.2) is 64.0 Å². The summed E-state index contributed by atoms with van der Waals surface area (Å²) in [6.07, 6.45) is -2.73. The van der Waals surface area contributed by atoms with E-state index in [1.807, 2.05) is 24.3 Å². The Bertz CT molecular complexity index is 1410. The number of fused-ring (bicyclic) bond motifs is 1. The molecular weight excluding hydrogens is 568 g/mol. The maximum absolute atomic E-state index is 12.9. The Kier molecular flexibility index (Phi) is 12.4. The third kappa shape index (κ3) is 10.2. The predicted molar refractivity (Wildman–Crippen MR) is 140 cm³/mol. The van der Waals surface area contributed by atoms with Gasteiger partial charge in [0.2, 0.25) is 0 Å². The monoisotopic (exact) mass is 594 g/mol. The third-order valence-corrected chi connectivity index (χ3v) is 6.86. The Balaban J connectivity index is 0.00000400. The molecule has 2 aromatic carbocycles. The number of pyridine rings is 1. The summed E-state index contributed by atoms with van der Waals surface area (Å²) < 4.78 is 74.6. The number of carbonyl (C=O) groups excluding carboxylic acids is 1. The molecular formula is C24H26F3N4NaO5S2. The number of sulfonamides is 1. The van der Waals surface area contributed by atoms with Gasteiger partial charge in [-0.1, -0.05) is 24.3 Å². The number of aromatic nitrogens is 1. The average molecular weight is 595 g/mol. The second-order valence-corrected chi connectivity index (χ2v) is 9.96. The van der Waals surface area contributed by atoms with Crippen molar-refractivity contribution in [2.24, 2.45) is 0 Å². The van der Waals surface area contributed by atoms with Gasteiger partial charge in [0.1, 0.15) is 23.9 Å². The minimum atomic E-state index is -4.48. The SMILES string of the molecule is CNC(=S)NS(=O)(=O)c1cc(CCNC(=O)c2cnc3ccccc3c2)ccc1OCCOCC(F)(F)F.[H-].[Na+]. The first kappa shape index (κ1) is 32.7. The van der Waals surface area contributed by atoms with E-state index in [0.717, 1.165) is 10.9 Å². The molecule has 0 unspecified atom stereocenters. The summed E-state index contributed by atoms with van der Waals surface area (Å²) in [5.74, 6) is -0.432. The Morgan fingerprint density at radius 1 is 1.13 bits per heavy atom. The van der Waals surface area contributed by atoms with E-state index in [-0.39, 0.29) is 72.2 Å². The number of ether oxygens (including phenoxy) is 2. The summed E-state index contributed by atoms with van der Waals surface area (Å²) in [6.45, 7) is -1.97. The molecule has 0 saturated heterocycles. The minimum absolute atomic E-state index is 0. The third-order valence-electron chi connectivity index (χ3n) is 5.05. The summed E-state index contributed by atoms with van der Waals surface area (Å²) in [6, 6.07) is 13.4. The largest absolute Gasteiger partial charge is 1.00 e. The van der Waals surface area contributed by atoms with Crippen molar-refractivity contribution in [1.29, 1.82) is 0 Å². The second kappa shape index (κ2) is 14.8. The van der Waals surface area contributed by atoms with Gasteiger partial charge >= 0.3 is 35.7 Å². The molecule has 3 rings (SSSR count). The van der Waals surface area contributed by atoms with Gasteiger partial charge < -0.3 is 21.5 Å². The molecule has 0 saturated carbocycles. The van der Waals surface area contributed by atoms with Gasteiger partial charge in [0.15, 0.2) is 5.11 Å². The fraction of sp³-hybridized carbons (Fsp3) is 0.292. The van der Waals surface area contributed by atoms with Crippen molar-refractivity contribution in [1.82, 2.24) is 20.3 Å². The molecule has 15 heteroatoms. The van der Waals surface area contributed by atoms with Crippen LogP contribution in [0.4, 0.5) is 13.2 Å². The molecule has 0 atom stereocenters. The van der Waals surface area contributed by atoms with E-state index in [9.17, 15) is 26.4 Å². The zero-order chi connectivity index (χ0) is 27.8. The van der Waals surface area contributed by atoms with Gasteiger partial charge in [-0.25, -0.2) is 8.42 Å². The van der Waals surface area contributed by atoms with Gasteiger partial charge in [-0.05, 0) is 48.5 Å². The van der Waals surface area contributed by atoms with E-state index in [1.165, 1.54) is 25.4 Å². The fourth-order valence-electron chi connectivity index (χ4n) is 3.28. The molecule has 206 valence electrons. The topological polar surface area (TPSA) is 119 Å². The Morgan fingerprint density at radius 3 is 2.59 bits per heavy atom. The summed E-state index contributed by atoms with van der Waals surface area (Å²) in [5.41, 5.74) is 1.70. The molecule has 1 aromatic heterocycles. The minimum Gasteiger partial charge on any atom is -1.00 e. The van der Waals surface area contributed by atoms with E-state index in [4.69, 9.17) is 17.0 Å². The zero-order valence-corrected chi connectivity index (χ0v) is 24.8. The van der Waals surface area contributed by atoms with E-state index in [2.05, 4.69) is 25.1 Å². The first-order valence-corrected chi connectivity index (χ1v) is 13.2. The van der Waals surface area contributed by atoms with Crippen LogP contribution in [0.15, 0.2) is 59.6 Å². The van der Waals surface area contributed by atoms with Gasteiger partial charge in [-0.15, -0.1) is 0 Å². The van der Waals surface area contributed by atoms with Gasteiger partial charge in [0, 0.05) is 25.2 Å². The molecule has 0 fully saturated rings. The van der Waals surface area contributed by atoms with Crippen LogP contribution >= 0.6 is 12.2 Å². The van der Waals surface area contributed by atoms with Crippen molar-refractivity contribution in [3.8, 4) is 5.75 Å². The van der Waals surface area contributed by atoms with Crippen molar-refractivity contribution in [2.45, 2.75) is 17.5 Å². The first-order chi connectivity index (χ1) is 18.0. The molecule has 0 spiro atoms. The van der Waals surface area contributed by atoms with Crippen molar-refractivity contribution in [3.63, 3.8) is 0 Å². The Hall–Kier alpha value is -2.49. The Labute approximate surface area is 252 Å². The molecule has 9 nitrogen and oxygen atoms in total. The fourth-order valence-corrected chi connectivity index (χ4v) is 4.76. The molecule has 3 aromatic rings. The van der Waals surface area contributed by atoms with E-state index in [0.29, 0.717) is 11.1 Å². The van der Waals surface area contributed by atoms with Crippen LogP contribution in [-0.2, 0) is 21.2 Å². The normalized spacial score (nSPS) is 11.4. The number of nitrogens with one attached hydrogen (secondary N) is 3. The number of amides is 1. The van der Waals surface area contributed by atoms with E-state index < -0.39 is 29.4 Å². The number of alkyl halides is 3. The number of benzene rings is 2. The Morgan fingerprint density at radius 2 is 1.87 bits per heavy atom. The van der Waals surface area contributed by atoms with Crippen LogP contribution in [0.1, 0.15) is 17.3 Å². The quantitative estimate of drug-likeness (QED) is 0.162. The number of rotatable bonds is 11. The van der Waals surface area contributed by atoms with Gasteiger partial charge in [0.25, 0.3) is 15.9 Å². The molecule has 0 aliphatic rings. The molecule has 39 heavy (non-hydrogen) atoms. The molecule has 0 bridgehead atoms. The molecule has 1 amide bonds. The molecule has 0 radical (unpaired) electrons. The van der Waals surface area contributed by atoms with Crippen molar-refractivity contribution in [2.75, 3.05) is 33.4 Å². The molecule has 0 aliphatic carbocycles. The number of halogens is 3. The molecule has 1 heterocycles. The maximum atomic E-state index is 12.9. The van der Waals surface area contributed by atoms with Crippen LogP contribution in [0, 0.1) is 0 Å². The van der Waals surface area contributed by atoms with Crippen molar-refractivity contribution < 1.29 is 66.8 Å². The summed E-state index contributed by atoms with van der Waals surface area (Å²) >= 11 is 4.89. The number of nitrogens with zero attached hydrogens (tertiary/aromatic N) is 1. The van der Waals surface area contributed by atoms with Crippen molar-refractivity contribution in [3.05, 3.63) is 65.9 Å². The smallest absolute Gasteiger partial charge is 1.00 e. The average Bonchev–Trinajstić information content (AvgIpc) is 2.87. The van der Waals surface area contributed by atoms with Crippen LogP contribution < -0.4 is 49.6 Å². The predicted octanol–water partition coefficient (Wildman–Crippen LogP) is 0.0641. The van der Waals surface area contributed by atoms with Crippen LogP contribution in [0.25, 0.3) is 10.9 Å². The van der Waals surface area contributed by atoms with E-state index in [1.54, 1.807) is 12.1 Å². The van der Waals surface area contributed by atoms with Gasteiger partial charge in [0.05, 0.1) is 17.7 Å². The number of carbonyl (C=O) groups is 1. The van der Waals surface area contributed by atoms with Crippen molar-refractivity contribution >= 4 is 44.2 Å². The summed E-state index contributed by atoms with van der Waals surface area (Å²) in [7, 11) is -2.76. The van der Waals surface area contributed by atoms with Gasteiger partial charge in [-0.2, -0.15) is 13.2 Å². The first-order valence-electron chi connectivity index (χ1n) is 11.3. The van der Waals surface area contributed by atoms with Crippen LogP contribution in [0.3, 0.4) is 0 Å². The number of para-hydroxylation sites is 1. The number of hydrogen-bond acceptors (Lipinski definition) is 7. The van der Waals surface area contributed by atoms with E-state index >= 15 is 0 Å². The van der Waals surface area contributed by atoms with Crippen LogP contribution in [0.2, 0.25) is 0 Å². The standard InChI is InChI=1S/C24H25F3N4O5S2.Na.H/c1-28-23(37)31-38(33,34)21-12-16(6-7-20(21)36-11-10-35-15-24(25,26)27)8-9-29-22(32)18-13-17-4-2-3-5-19(17)30-14-18;;/h2-7,12-14H,8-11,15H2,1H3,(H,29,32)(H2,28,31,37);;/q;+1;-1. The van der Waals surface area contributed by atoms with Crippen LogP contribution in [0.5, 0.6) is 5.75 Å². The van der Waals surface area contributed by atoms with Gasteiger partial charge in [-0.3, -0.25) is 14.5 Å². The zero-order valence-electron chi connectivity index (χ0n) is 22.2. The number of hydrogen-bond donors (Lipinski definition) is 3. The summed E-state index contributed by atoms with van der Waals surface area (Å²) in [5, 5.41) is 5.93. The number of thiocarbonyl (C=S) groups is 1. The molecule has 3 N–H and O–H groups in total. The summed E-state index contributed by atoms with van der Waals surface area (Å²) in [4.78, 5) is 16.6.